The highest BCUT2D eigenvalue weighted by atomic mass is 16.7. The number of anilines is 2. The van der Waals surface area contributed by atoms with Gasteiger partial charge in [0.15, 0.2) is 0 Å². The molecule has 1 atom stereocenters. The van der Waals surface area contributed by atoms with Crippen LogP contribution in [0, 0.1) is 0 Å². The fourth-order valence-electron chi connectivity index (χ4n) is 1.51. The van der Waals surface area contributed by atoms with Gasteiger partial charge in [-0.15, -0.1) is 0 Å². The van der Waals surface area contributed by atoms with Crippen LogP contribution in [0.1, 0.15) is 0 Å². The van der Waals surface area contributed by atoms with Gasteiger partial charge in [-0.25, -0.2) is 0 Å². The topological polar surface area (TPSA) is 50.8 Å². The third kappa shape index (κ3) is 1.81. The van der Waals surface area contributed by atoms with Gasteiger partial charge in [0.2, 0.25) is 0 Å². The van der Waals surface area contributed by atoms with E-state index < -0.39 is 6.29 Å². The standard InChI is InChI=1S/C11H14N2O3/c1-13(2)7-4-5-8-9(6-7)16-11(15-3)10(14)12-8/h4-6,11H,1-3H3,(H,12,14). The van der Waals surface area contributed by atoms with Crippen LogP contribution in [0.3, 0.4) is 0 Å². The van der Waals surface area contributed by atoms with Crippen LogP contribution in [-0.2, 0) is 9.53 Å². The lowest BCUT2D eigenvalue weighted by Crippen LogP contribution is -2.38. The zero-order valence-corrected chi connectivity index (χ0v) is 9.48. The van der Waals surface area contributed by atoms with Crippen molar-refractivity contribution >= 4 is 17.3 Å². The Morgan fingerprint density at radius 3 is 2.81 bits per heavy atom. The molecule has 16 heavy (non-hydrogen) atoms. The van der Waals surface area contributed by atoms with E-state index in [0.717, 1.165) is 5.69 Å². The summed E-state index contributed by atoms with van der Waals surface area (Å²) in [4.78, 5) is 13.4. The van der Waals surface area contributed by atoms with Crippen molar-refractivity contribution < 1.29 is 14.3 Å². The summed E-state index contributed by atoms with van der Waals surface area (Å²) in [5.74, 6) is 0.338. The SMILES string of the molecule is COC1Oc2cc(N(C)C)ccc2NC1=O. The number of fused-ring (bicyclic) bond motifs is 1. The van der Waals surface area contributed by atoms with Crippen molar-refractivity contribution in [2.24, 2.45) is 0 Å². The molecule has 1 unspecified atom stereocenters. The summed E-state index contributed by atoms with van der Waals surface area (Å²) < 4.78 is 10.3. The van der Waals surface area contributed by atoms with E-state index in [0.29, 0.717) is 11.4 Å². The molecule has 0 fully saturated rings. The summed E-state index contributed by atoms with van der Waals surface area (Å²) in [6.45, 7) is 0. The van der Waals surface area contributed by atoms with Crippen molar-refractivity contribution in [3.63, 3.8) is 0 Å². The Morgan fingerprint density at radius 1 is 1.44 bits per heavy atom. The summed E-state index contributed by atoms with van der Waals surface area (Å²) in [6, 6.07) is 5.59. The molecule has 1 heterocycles. The maximum atomic E-state index is 11.4. The monoisotopic (exact) mass is 222 g/mol. The van der Waals surface area contributed by atoms with Crippen LogP contribution in [0.25, 0.3) is 0 Å². The second kappa shape index (κ2) is 4.02. The van der Waals surface area contributed by atoms with Crippen molar-refractivity contribution in [2.45, 2.75) is 6.29 Å². The van der Waals surface area contributed by atoms with E-state index in [1.165, 1.54) is 7.11 Å². The molecule has 1 aromatic rings. The lowest BCUT2D eigenvalue weighted by Gasteiger charge is -2.25. The summed E-state index contributed by atoms with van der Waals surface area (Å²) >= 11 is 0. The number of carbonyl (C=O) groups excluding carboxylic acids is 1. The van der Waals surface area contributed by atoms with E-state index in [2.05, 4.69) is 5.32 Å². The largest absolute Gasteiger partial charge is 0.453 e. The van der Waals surface area contributed by atoms with Gasteiger partial charge in [-0.2, -0.15) is 0 Å². The fourth-order valence-corrected chi connectivity index (χ4v) is 1.51. The number of nitrogens with zero attached hydrogens (tertiary/aromatic N) is 1. The Morgan fingerprint density at radius 2 is 2.19 bits per heavy atom. The van der Waals surface area contributed by atoms with Crippen molar-refractivity contribution in [1.29, 1.82) is 0 Å². The highest BCUT2D eigenvalue weighted by Crippen LogP contribution is 2.33. The van der Waals surface area contributed by atoms with Crippen molar-refractivity contribution in [2.75, 3.05) is 31.4 Å². The van der Waals surface area contributed by atoms with Crippen LogP contribution in [-0.4, -0.2) is 33.4 Å². The van der Waals surface area contributed by atoms with Gasteiger partial charge in [-0.05, 0) is 12.1 Å². The first-order chi connectivity index (χ1) is 7.61. The summed E-state index contributed by atoms with van der Waals surface area (Å²) in [5.41, 5.74) is 1.67. The number of carbonyl (C=O) groups is 1. The van der Waals surface area contributed by atoms with Gasteiger partial charge in [0.05, 0.1) is 5.69 Å². The number of ether oxygens (including phenoxy) is 2. The average Bonchev–Trinajstić information content (AvgIpc) is 2.27. The van der Waals surface area contributed by atoms with Crippen molar-refractivity contribution in [3.05, 3.63) is 18.2 Å². The van der Waals surface area contributed by atoms with Crippen LogP contribution >= 0.6 is 0 Å². The summed E-state index contributed by atoms with van der Waals surface area (Å²) in [5, 5.41) is 2.72. The molecule has 0 saturated carbocycles. The van der Waals surface area contributed by atoms with Crippen molar-refractivity contribution in [3.8, 4) is 5.75 Å². The Bertz CT molecular complexity index is 418. The lowest BCUT2D eigenvalue weighted by atomic mass is 10.2. The number of amides is 1. The zero-order chi connectivity index (χ0) is 11.7. The molecule has 0 radical (unpaired) electrons. The molecule has 0 aromatic heterocycles. The van der Waals surface area contributed by atoms with E-state index in [4.69, 9.17) is 9.47 Å². The summed E-state index contributed by atoms with van der Waals surface area (Å²) in [6.07, 6.45) is -0.870. The van der Waals surface area contributed by atoms with Gasteiger partial charge < -0.3 is 19.7 Å². The number of hydrogen-bond donors (Lipinski definition) is 1. The third-order valence-electron chi connectivity index (χ3n) is 2.40. The minimum Gasteiger partial charge on any atom is -0.453 e. The molecule has 1 aliphatic rings. The predicted molar refractivity (Wildman–Crippen MR) is 60.8 cm³/mol. The van der Waals surface area contributed by atoms with Gasteiger partial charge >= 0.3 is 0 Å². The quantitative estimate of drug-likeness (QED) is 0.812. The van der Waals surface area contributed by atoms with Crippen LogP contribution in [0.15, 0.2) is 18.2 Å². The van der Waals surface area contributed by atoms with Crippen LogP contribution in [0.2, 0.25) is 0 Å². The van der Waals surface area contributed by atoms with Gasteiger partial charge in [-0.1, -0.05) is 0 Å². The molecule has 0 bridgehead atoms. The minimum atomic E-state index is -0.870. The van der Waals surface area contributed by atoms with Crippen LogP contribution in [0.4, 0.5) is 11.4 Å². The molecular formula is C11H14N2O3. The molecule has 0 spiro atoms. The molecule has 1 aromatic carbocycles. The summed E-state index contributed by atoms with van der Waals surface area (Å²) in [7, 11) is 5.32. The van der Waals surface area contributed by atoms with E-state index in [1.807, 2.05) is 37.2 Å². The van der Waals surface area contributed by atoms with Gasteiger partial charge in [0, 0.05) is 33.0 Å². The number of methoxy groups -OCH3 is 1. The maximum absolute atomic E-state index is 11.4. The van der Waals surface area contributed by atoms with E-state index in [9.17, 15) is 4.79 Å². The predicted octanol–water partition coefficient (Wildman–Crippen LogP) is 1.06. The first-order valence-electron chi connectivity index (χ1n) is 4.93. The molecule has 0 saturated heterocycles. The number of nitrogens with one attached hydrogen (secondary N) is 1. The van der Waals surface area contributed by atoms with Gasteiger partial charge in [0.25, 0.3) is 12.2 Å². The van der Waals surface area contributed by atoms with Gasteiger partial charge in [-0.3, -0.25) is 4.79 Å². The van der Waals surface area contributed by atoms with E-state index in [1.54, 1.807) is 0 Å². The molecule has 1 N–H and O–H groups in total. The molecule has 2 rings (SSSR count). The molecule has 86 valence electrons. The molecule has 0 aliphatic carbocycles. The van der Waals surface area contributed by atoms with Crippen LogP contribution in [0.5, 0.6) is 5.75 Å². The Labute approximate surface area is 93.9 Å². The van der Waals surface area contributed by atoms with Crippen LogP contribution < -0.4 is 15.0 Å². The minimum absolute atomic E-state index is 0.285. The first-order valence-corrected chi connectivity index (χ1v) is 4.93. The Balaban J connectivity index is 2.33. The zero-order valence-electron chi connectivity index (χ0n) is 9.48. The fraction of sp³-hybridized carbons (Fsp3) is 0.364. The van der Waals surface area contributed by atoms with Gasteiger partial charge in [0.1, 0.15) is 5.75 Å². The second-order valence-electron chi connectivity index (χ2n) is 3.75. The Kier molecular flexibility index (Phi) is 2.70. The molecule has 1 amide bonds. The molecule has 5 nitrogen and oxygen atoms in total. The lowest BCUT2D eigenvalue weighted by molar-refractivity contribution is -0.143. The second-order valence-corrected chi connectivity index (χ2v) is 3.75. The normalized spacial score (nSPS) is 18.4. The maximum Gasteiger partial charge on any atom is 0.294 e. The van der Waals surface area contributed by atoms with E-state index >= 15 is 0 Å². The molecule has 5 heteroatoms. The Hall–Kier alpha value is -1.75. The first kappa shape index (κ1) is 10.8. The average molecular weight is 222 g/mol. The number of benzene rings is 1. The smallest absolute Gasteiger partial charge is 0.294 e. The molecule has 1 aliphatic heterocycles. The highest BCUT2D eigenvalue weighted by molar-refractivity contribution is 5.97. The molecular weight excluding hydrogens is 208 g/mol. The number of hydrogen-bond acceptors (Lipinski definition) is 4. The third-order valence-corrected chi connectivity index (χ3v) is 2.40. The van der Waals surface area contributed by atoms with E-state index in [-0.39, 0.29) is 5.91 Å². The highest BCUT2D eigenvalue weighted by Gasteiger charge is 2.27. The number of rotatable bonds is 2. The van der Waals surface area contributed by atoms with Crippen molar-refractivity contribution in [1.82, 2.24) is 0 Å².